The fourth-order valence-corrected chi connectivity index (χ4v) is 2.89. The highest BCUT2D eigenvalue weighted by atomic mass is 19.1. The summed E-state index contributed by atoms with van der Waals surface area (Å²) in [6.07, 6.45) is -0.456. The Kier molecular flexibility index (Phi) is 2.70. The van der Waals surface area contributed by atoms with E-state index in [1.165, 1.54) is 18.2 Å². The van der Waals surface area contributed by atoms with Crippen LogP contribution in [0.1, 0.15) is 23.1 Å². The first-order chi connectivity index (χ1) is 10.2. The van der Waals surface area contributed by atoms with Gasteiger partial charge in [-0.2, -0.15) is 0 Å². The number of benzene rings is 2. The third-order valence-electron chi connectivity index (χ3n) is 3.90. The molecule has 1 N–H and O–H groups in total. The molecule has 106 valence electrons. The molecule has 1 aromatic heterocycles. The van der Waals surface area contributed by atoms with Gasteiger partial charge in [-0.25, -0.2) is 8.78 Å². The lowest BCUT2D eigenvalue weighted by atomic mass is 10.0. The summed E-state index contributed by atoms with van der Waals surface area (Å²) in [6.45, 7) is 0.824. The molecule has 0 saturated carbocycles. The van der Waals surface area contributed by atoms with Crippen LogP contribution in [0, 0.1) is 5.82 Å². The molecule has 21 heavy (non-hydrogen) atoms. The second kappa shape index (κ2) is 4.58. The Morgan fingerprint density at radius 1 is 1.14 bits per heavy atom. The Labute approximate surface area is 120 Å². The molecule has 0 saturated heterocycles. The number of fused-ring (bicyclic) bond motifs is 2. The Hall–Kier alpha value is -2.36. The third-order valence-corrected chi connectivity index (χ3v) is 3.90. The molecule has 4 heteroatoms. The van der Waals surface area contributed by atoms with E-state index < -0.39 is 6.17 Å². The summed E-state index contributed by atoms with van der Waals surface area (Å²) in [5.74, 6) is -0.148. The van der Waals surface area contributed by atoms with Crippen LogP contribution in [0.4, 0.5) is 14.5 Å². The summed E-state index contributed by atoms with van der Waals surface area (Å²) in [7, 11) is 0. The number of hydrogen-bond donors (Lipinski definition) is 1. The van der Waals surface area contributed by atoms with Crippen molar-refractivity contribution in [1.29, 1.82) is 0 Å². The van der Waals surface area contributed by atoms with Crippen molar-refractivity contribution in [2.75, 3.05) is 11.9 Å². The van der Waals surface area contributed by atoms with E-state index in [4.69, 9.17) is 4.42 Å². The summed E-state index contributed by atoms with van der Waals surface area (Å²) in [4.78, 5) is 0. The molecule has 0 amide bonds. The number of nitrogens with one attached hydrogen (secondary N) is 1. The molecule has 0 fully saturated rings. The number of furan rings is 1. The first kappa shape index (κ1) is 12.4. The lowest BCUT2D eigenvalue weighted by Gasteiger charge is -2.11. The van der Waals surface area contributed by atoms with Gasteiger partial charge in [0.1, 0.15) is 17.2 Å². The van der Waals surface area contributed by atoms with Gasteiger partial charge in [-0.05, 0) is 36.2 Å². The highest BCUT2D eigenvalue weighted by molar-refractivity contribution is 5.78. The van der Waals surface area contributed by atoms with Gasteiger partial charge < -0.3 is 9.73 Å². The average Bonchev–Trinajstić information content (AvgIpc) is 3.11. The first-order valence-corrected chi connectivity index (χ1v) is 6.91. The topological polar surface area (TPSA) is 25.2 Å². The molecule has 2 heterocycles. The van der Waals surface area contributed by atoms with E-state index in [2.05, 4.69) is 5.32 Å². The maximum Gasteiger partial charge on any atom is 0.185 e. The maximum atomic E-state index is 14.8. The molecule has 0 aliphatic carbocycles. The van der Waals surface area contributed by atoms with Crippen LogP contribution in [-0.4, -0.2) is 6.54 Å². The molecule has 2 nitrogen and oxygen atoms in total. The minimum Gasteiger partial charge on any atom is -0.458 e. The monoisotopic (exact) mass is 285 g/mol. The summed E-state index contributed by atoms with van der Waals surface area (Å²) in [5, 5.41) is 3.80. The van der Waals surface area contributed by atoms with Crippen molar-refractivity contribution in [1.82, 2.24) is 0 Å². The highest BCUT2D eigenvalue weighted by Gasteiger charge is 2.24. The van der Waals surface area contributed by atoms with E-state index in [-0.39, 0.29) is 11.6 Å². The van der Waals surface area contributed by atoms with E-state index in [1.54, 1.807) is 12.1 Å². The maximum absolute atomic E-state index is 14.8. The Bertz CT molecular complexity index is 825. The minimum atomic E-state index is -1.36. The molecule has 0 spiro atoms. The summed E-state index contributed by atoms with van der Waals surface area (Å²) in [6, 6.07) is 11.4. The zero-order valence-electron chi connectivity index (χ0n) is 11.2. The largest absolute Gasteiger partial charge is 0.458 e. The van der Waals surface area contributed by atoms with Crippen molar-refractivity contribution in [3.05, 3.63) is 65.2 Å². The molecular weight excluding hydrogens is 272 g/mol. The molecule has 1 unspecified atom stereocenters. The summed E-state index contributed by atoms with van der Waals surface area (Å²) < 4.78 is 33.6. The summed E-state index contributed by atoms with van der Waals surface area (Å²) in [5.41, 5.74) is 3.05. The Morgan fingerprint density at radius 2 is 2.05 bits per heavy atom. The second-order valence-electron chi connectivity index (χ2n) is 5.25. The summed E-state index contributed by atoms with van der Waals surface area (Å²) >= 11 is 0. The average molecular weight is 285 g/mol. The highest BCUT2D eigenvalue weighted by Crippen LogP contribution is 2.38. The molecule has 4 rings (SSSR count). The van der Waals surface area contributed by atoms with Gasteiger partial charge in [0, 0.05) is 23.2 Å². The number of halogens is 2. The smallest absolute Gasteiger partial charge is 0.185 e. The Morgan fingerprint density at radius 3 is 2.95 bits per heavy atom. The van der Waals surface area contributed by atoms with Crippen LogP contribution in [0.2, 0.25) is 0 Å². The number of alkyl halides is 1. The van der Waals surface area contributed by atoms with Crippen molar-refractivity contribution in [3.8, 4) is 0 Å². The van der Waals surface area contributed by atoms with Gasteiger partial charge in [-0.3, -0.25) is 0 Å². The zero-order chi connectivity index (χ0) is 14.4. The van der Waals surface area contributed by atoms with Crippen LogP contribution >= 0.6 is 0 Å². The number of hydrogen-bond acceptors (Lipinski definition) is 2. The van der Waals surface area contributed by atoms with Crippen molar-refractivity contribution < 1.29 is 13.2 Å². The van der Waals surface area contributed by atoms with Crippen LogP contribution in [0.25, 0.3) is 11.0 Å². The standard InChI is InChI=1S/C17H13F2NO/c18-12-4-5-14-11(8-12)9-15(21-14)16(19)13-3-1-2-10-6-7-20-17(10)13/h1-5,8-9,16,20H,6-7H2. The molecule has 2 aromatic carbocycles. The molecular formula is C17H13F2NO. The van der Waals surface area contributed by atoms with Crippen LogP contribution in [-0.2, 0) is 6.42 Å². The molecule has 0 bridgehead atoms. The van der Waals surface area contributed by atoms with E-state index >= 15 is 0 Å². The lowest BCUT2D eigenvalue weighted by Crippen LogP contribution is -1.99. The number of rotatable bonds is 2. The fourth-order valence-electron chi connectivity index (χ4n) is 2.89. The van der Waals surface area contributed by atoms with E-state index in [1.807, 2.05) is 12.1 Å². The van der Waals surface area contributed by atoms with Crippen LogP contribution in [0.15, 0.2) is 46.9 Å². The van der Waals surface area contributed by atoms with E-state index in [9.17, 15) is 8.78 Å². The van der Waals surface area contributed by atoms with E-state index in [0.29, 0.717) is 16.5 Å². The molecule has 3 aromatic rings. The van der Waals surface area contributed by atoms with Gasteiger partial charge in [0.25, 0.3) is 0 Å². The Balaban J connectivity index is 1.79. The van der Waals surface area contributed by atoms with Gasteiger partial charge in [0.2, 0.25) is 0 Å². The third kappa shape index (κ3) is 1.98. The van der Waals surface area contributed by atoms with Gasteiger partial charge >= 0.3 is 0 Å². The molecule has 0 radical (unpaired) electrons. The fraction of sp³-hybridized carbons (Fsp3) is 0.176. The normalized spacial score (nSPS) is 15.0. The molecule has 1 atom stereocenters. The van der Waals surface area contributed by atoms with Gasteiger partial charge in [0.15, 0.2) is 6.17 Å². The van der Waals surface area contributed by atoms with Gasteiger partial charge in [-0.15, -0.1) is 0 Å². The quantitative estimate of drug-likeness (QED) is 0.744. The molecule has 1 aliphatic rings. The second-order valence-corrected chi connectivity index (χ2v) is 5.25. The van der Waals surface area contributed by atoms with Gasteiger partial charge in [0.05, 0.1) is 0 Å². The predicted octanol–water partition coefficient (Wildman–Crippen LogP) is 4.60. The predicted molar refractivity (Wildman–Crippen MR) is 77.8 cm³/mol. The zero-order valence-corrected chi connectivity index (χ0v) is 11.2. The SMILES string of the molecule is Fc1ccc2oc(C(F)c3cccc4c3NCC4)cc2c1. The van der Waals surface area contributed by atoms with E-state index in [0.717, 1.165) is 24.2 Å². The number of anilines is 1. The lowest BCUT2D eigenvalue weighted by molar-refractivity contribution is 0.341. The van der Waals surface area contributed by atoms with Crippen LogP contribution in [0.5, 0.6) is 0 Å². The number of para-hydroxylation sites is 1. The minimum absolute atomic E-state index is 0.206. The molecule has 1 aliphatic heterocycles. The van der Waals surface area contributed by atoms with Crippen LogP contribution in [0.3, 0.4) is 0 Å². The first-order valence-electron chi connectivity index (χ1n) is 6.91. The van der Waals surface area contributed by atoms with Crippen molar-refractivity contribution in [2.24, 2.45) is 0 Å². The van der Waals surface area contributed by atoms with Crippen molar-refractivity contribution in [3.63, 3.8) is 0 Å². The van der Waals surface area contributed by atoms with Crippen molar-refractivity contribution >= 4 is 16.7 Å². The van der Waals surface area contributed by atoms with Crippen LogP contribution < -0.4 is 5.32 Å². The van der Waals surface area contributed by atoms with Crippen molar-refractivity contribution in [2.45, 2.75) is 12.6 Å². The van der Waals surface area contributed by atoms with Gasteiger partial charge in [-0.1, -0.05) is 18.2 Å².